The first kappa shape index (κ1) is 51.5. The minimum absolute atomic E-state index is 0.467. The van der Waals surface area contributed by atoms with Gasteiger partial charge in [0.1, 0.15) is 12.2 Å². The van der Waals surface area contributed by atoms with Gasteiger partial charge in [0.15, 0.2) is 0 Å². The number of ether oxygens (including phenoxy) is 2. The Kier molecular flexibility index (Phi) is 38.7. The summed E-state index contributed by atoms with van der Waals surface area (Å²) in [4.78, 5) is 21.5. The molecular formula is C50H88O6. The van der Waals surface area contributed by atoms with Crippen LogP contribution in [0.3, 0.4) is 0 Å². The molecule has 0 saturated heterocycles. The van der Waals surface area contributed by atoms with Crippen LogP contribution in [0.25, 0.3) is 0 Å². The van der Waals surface area contributed by atoms with E-state index in [9.17, 15) is 9.59 Å². The molecule has 0 spiro atoms. The number of carbonyl (C=O) groups is 2. The Bertz CT molecular complexity index is 871. The third-order valence-corrected chi connectivity index (χ3v) is 11.3. The number of allylic oxidation sites excluding steroid dienone is 8. The van der Waals surface area contributed by atoms with Crippen LogP contribution in [-0.2, 0) is 9.47 Å². The summed E-state index contributed by atoms with van der Waals surface area (Å²) in [6.07, 6.45) is 63.4. The first-order chi connectivity index (χ1) is 27.6. The Hall–Kier alpha value is -2.50. The van der Waals surface area contributed by atoms with Crippen LogP contribution in [0.5, 0.6) is 0 Å². The van der Waals surface area contributed by atoms with E-state index in [1.54, 1.807) is 0 Å². The lowest BCUT2D eigenvalue weighted by Gasteiger charge is -2.25. The van der Waals surface area contributed by atoms with Gasteiger partial charge in [0.25, 0.3) is 0 Å². The largest absolute Gasteiger partial charge is 0.506 e. The summed E-state index contributed by atoms with van der Waals surface area (Å²) < 4.78 is 9.63. The predicted molar refractivity (Wildman–Crippen MR) is 238 cm³/mol. The average Bonchev–Trinajstić information content (AvgIpc) is 3.15. The highest BCUT2D eigenvalue weighted by molar-refractivity contribution is 5.58. The van der Waals surface area contributed by atoms with Gasteiger partial charge in [0.2, 0.25) is 0 Å². The van der Waals surface area contributed by atoms with E-state index in [0.29, 0.717) is 12.8 Å². The molecular weight excluding hydrogens is 697 g/mol. The molecule has 6 nitrogen and oxygen atoms in total. The van der Waals surface area contributed by atoms with E-state index < -0.39 is 24.5 Å². The SMILES string of the molecule is C1=C\CCCCCCCCCC/1.C1=C\CCCCCCCCCC/1.C1=C\CCCCCCCCCC/1.O=C(O)OC1CCC/C=C\CCCCCC1OC(=O)O. The second-order valence-corrected chi connectivity index (χ2v) is 16.5. The molecule has 324 valence electrons. The number of rotatable bonds is 2. The van der Waals surface area contributed by atoms with Gasteiger partial charge in [0.05, 0.1) is 0 Å². The van der Waals surface area contributed by atoms with Crippen LogP contribution in [0.1, 0.15) is 244 Å². The zero-order chi connectivity index (χ0) is 40.3. The van der Waals surface area contributed by atoms with Crippen LogP contribution >= 0.6 is 0 Å². The van der Waals surface area contributed by atoms with Crippen LogP contribution in [0, 0.1) is 0 Å². The van der Waals surface area contributed by atoms with Crippen molar-refractivity contribution in [2.24, 2.45) is 0 Å². The van der Waals surface area contributed by atoms with Gasteiger partial charge in [0, 0.05) is 0 Å². The van der Waals surface area contributed by atoms with Crippen LogP contribution in [0.4, 0.5) is 9.59 Å². The van der Waals surface area contributed by atoms with Crippen molar-refractivity contribution >= 4 is 12.3 Å². The van der Waals surface area contributed by atoms with E-state index in [-0.39, 0.29) is 0 Å². The monoisotopic (exact) mass is 785 g/mol. The number of carboxylic acid groups (broad SMARTS) is 2. The molecule has 0 amide bonds. The van der Waals surface area contributed by atoms with E-state index in [0.717, 1.165) is 38.5 Å². The number of hydrogen-bond donors (Lipinski definition) is 2. The summed E-state index contributed by atoms with van der Waals surface area (Å²) in [5.74, 6) is 0. The molecule has 0 aromatic rings. The Morgan fingerprint density at radius 2 is 0.464 bits per heavy atom. The van der Waals surface area contributed by atoms with Gasteiger partial charge < -0.3 is 19.7 Å². The molecule has 4 aliphatic rings. The molecule has 56 heavy (non-hydrogen) atoms. The highest BCUT2D eigenvalue weighted by Gasteiger charge is 2.28. The van der Waals surface area contributed by atoms with Gasteiger partial charge in [-0.2, -0.15) is 0 Å². The molecule has 4 rings (SSSR count). The lowest BCUT2D eigenvalue weighted by atomic mass is 9.99. The average molecular weight is 785 g/mol. The molecule has 2 unspecified atom stereocenters. The van der Waals surface area contributed by atoms with Crippen molar-refractivity contribution < 1.29 is 29.3 Å². The van der Waals surface area contributed by atoms with Gasteiger partial charge in [-0.1, -0.05) is 171 Å². The highest BCUT2D eigenvalue weighted by atomic mass is 16.7. The molecule has 0 heterocycles. The zero-order valence-electron chi connectivity index (χ0n) is 36.2. The molecule has 0 aromatic carbocycles. The predicted octanol–water partition coefficient (Wildman–Crippen LogP) is 17.2. The molecule has 0 radical (unpaired) electrons. The van der Waals surface area contributed by atoms with E-state index in [4.69, 9.17) is 19.7 Å². The van der Waals surface area contributed by atoms with E-state index in [2.05, 4.69) is 48.6 Å². The lowest BCUT2D eigenvalue weighted by Crippen LogP contribution is -2.35. The summed E-state index contributed by atoms with van der Waals surface area (Å²) in [5, 5.41) is 17.5. The molecule has 0 aliphatic heterocycles. The van der Waals surface area contributed by atoms with Crippen molar-refractivity contribution in [1.82, 2.24) is 0 Å². The van der Waals surface area contributed by atoms with Crippen LogP contribution < -0.4 is 0 Å². The third kappa shape index (κ3) is 38.4. The molecule has 0 saturated carbocycles. The number of hydrogen-bond acceptors (Lipinski definition) is 4. The Balaban J connectivity index is 0.000000385. The summed E-state index contributed by atoms with van der Waals surface area (Å²) >= 11 is 0. The maximum Gasteiger partial charge on any atom is 0.506 e. The fourth-order valence-corrected chi connectivity index (χ4v) is 7.82. The van der Waals surface area contributed by atoms with Crippen LogP contribution in [-0.4, -0.2) is 34.7 Å². The van der Waals surface area contributed by atoms with Gasteiger partial charge in [-0.15, -0.1) is 0 Å². The molecule has 4 aliphatic carbocycles. The minimum atomic E-state index is -1.39. The van der Waals surface area contributed by atoms with Crippen LogP contribution in [0.15, 0.2) is 48.6 Å². The lowest BCUT2D eigenvalue weighted by molar-refractivity contribution is -0.0473. The minimum Gasteiger partial charge on any atom is -0.450 e. The maximum atomic E-state index is 10.7. The van der Waals surface area contributed by atoms with Gasteiger partial charge in [-0.25, -0.2) is 9.59 Å². The summed E-state index contributed by atoms with van der Waals surface area (Å²) in [5.41, 5.74) is 0. The van der Waals surface area contributed by atoms with E-state index in [1.807, 2.05) is 0 Å². The normalized spacial score (nSPS) is 25.8. The van der Waals surface area contributed by atoms with Crippen molar-refractivity contribution in [1.29, 1.82) is 0 Å². The maximum absolute atomic E-state index is 10.7. The van der Waals surface area contributed by atoms with Gasteiger partial charge in [-0.05, 0) is 122 Å². The summed E-state index contributed by atoms with van der Waals surface area (Å²) in [6.45, 7) is 0. The first-order valence-electron chi connectivity index (χ1n) is 24.0. The van der Waals surface area contributed by atoms with Gasteiger partial charge >= 0.3 is 12.3 Å². The second kappa shape index (κ2) is 42.1. The van der Waals surface area contributed by atoms with Gasteiger partial charge in [-0.3, -0.25) is 0 Å². The Labute approximate surface area is 345 Å². The molecule has 0 bridgehead atoms. The van der Waals surface area contributed by atoms with Crippen molar-refractivity contribution in [3.8, 4) is 0 Å². The van der Waals surface area contributed by atoms with E-state index in [1.165, 1.54) is 193 Å². The molecule has 6 heteroatoms. The Morgan fingerprint density at radius 1 is 0.286 bits per heavy atom. The zero-order valence-corrected chi connectivity index (χ0v) is 36.2. The summed E-state index contributed by atoms with van der Waals surface area (Å²) in [6, 6.07) is 0. The van der Waals surface area contributed by atoms with Crippen LogP contribution in [0.2, 0.25) is 0 Å². The van der Waals surface area contributed by atoms with Crippen molar-refractivity contribution in [2.45, 2.75) is 256 Å². The third-order valence-electron chi connectivity index (χ3n) is 11.3. The molecule has 2 atom stereocenters. The fraction of sp³-hybridized carbons (Fsp3) is 0.800. The molecule has 0 aromatic heterocycles. The summed E-state index contributed by atoms with van der Waals surface area (Å²) in [7, 11) is 0. The first-order valence-corrected chi connectivity index (χ1v) is 24.0. The van der Waals surface area contributed by atoms with Crippen molar-refractivity contribution in [3.63, 3.8) is 0 Å². The fourth-order valence-electron chi connectivity index (χ4n) is 7.82. The standard InChI is InChI=1S/C14H22O6.3C12H22/c15-13(16)19-11-9-7-5-3-1-2-4-6-8-10-12(11)20-14(17)18;3*1-2-4-6-8-10-12-11-9-7-5-3-1/h1,3,11-12H,2,4-10H2,(H,15,16)(H,17,18);3*1-2H,3-12H2/b3-1-;3*2-1-. The Morgan fingerprint density at radius 3 is 0.696 bits per heavy atom. The van der Waals surface area contributed by atoms with Crippen molar-refractivity contribution in [3.05, 3.63) is 48.6 Å². The quantitative estimate of drug-likeness (QED) is 0.214. The molecule has 2 N–H and O–H groups in total. The van der Waals surface area contributed by atoms with Crippen molar-refractivity contribution in [2.75, 3.05) is 0 Å². The highest BCUT2D eigenvalue weighted by Crippen LogP contribution is 2.21. The smallest absolute Gasteiger partial charge is 0.450 e. The molecule has 0 fully saturated rings. The second-order valence-electron chi connectivity index (χ2n) is 16.5. The van der Waals surface area contributed by atoms with E-state index >= 15 is 0 Å². The topological polar surface area (TPSA) is 93.1 Å².